The molecule has 3 N–H and O–H groups in total. The zero-order chi connectivity index (χ0) is 27.0. The lowest BCUT2D eigenvalue weighted by atomic mass is 9.84. The number of nitrogens with one attached hydrogen (secondary N) is 1. The lowest BCUT2D eigenvalue weighted by Gasteiger charge is -2.40. The van der Waals surface area contributed by atoms with Gasteiger partial charge in [-0.1, -0.05) is 54.6 Å². The summed E-state index contributed by atoms with van der Waals surface area (Å²) in [5.41, 5.74) is 9.18. The summed E-state index contributed by atoms with van der Waals surface area (Å²) in [5, 5.41) is 17.7. The van der Waals surface area contributed by atoms with Gasteiger partial charge < -0.3 is 15.8 Å². The summed E-state index contributed by atoms with van der Waals surface area (Å²) >= 11 is 0. The Morgan fingerprint density at radius 1 is 1.15 bits per heavy atom. The van der Waals surface area contributed by atoms with Gasteiger partial charge >= 0.3 is 0 Å². The molecular weight excluding hydrogens is 488 g/mol. The molecule has 8 nitrogen and oxygen atoms in total. The predicted octanol–water partition coefficient (Wildman–Crippen LogP) is 3.96. The fraction of sp³-hybridized carbons (Fsp3) is 0.387. The van der Waals surface area contributed by atoms with Gasteiger partial charge in [-0.05, 0) is 36.0 Å². The van der Waals surface area contributed by atoms with Crippen LogP contribution in [-0.2, 0) is 16.8 Å². The number of nitrogens with two attached hydrogens (primary N) is 1. The molecule has 2 aliphatic heterocycles. The number of ether oxygens (including phenoxy) is 1. The molecule has 39 heavy (non-hydrogen) atoms. The number of aromatic nitrogens is 2. The molecule has 4 atom stereocenters. The summed E-state index contributed by atoms with van der Waals surface area (Å²) in [6.45, 7) is 2.48. The normalized spacial score (nSPS) is 25.3. The largest absolute Gasteiger partial charge is 0.365 e. The van der Waals surface area contributed by atoms with Crippen molar-refractivity contribution in [2.75, 3.05) is 18.4 Å². The van der Waals surface area contributed by atoms with Crippen LogP contribution in [0.25, 0.3) is 11.1 Å². The third-order valence-corrected chi connectivity index (χ3v) is 8.41. The number of anilines is 1. The van der Waals surface area contributed by atoms with Crippen molar-refractivity contribution in [1.82, 2.24) is 14.7 Å². The van der Waals surface area contributed by atoms with Crippen molar-refractivity contribution in [3.63, 3.8) is 0 Å². The van der Waals surface area contributed by atoms with E-state index in [0.29, 0.717) is 23.7 Å². The van der Waals surface area contributed by atoms with E-state index in [1.165, 1.54) is 16.7 Å². The van der Waals surface area contributed by atoms with Crippen molar-refractivity contribution in [2.45, 2.75) is 50.1 Å². The third-order valence-electron chi connectivity index (χ3n) is 8.41. The molecule has 2 unspecified atom stereocenters. The molecule has 0 radical (unpaired) electrons. The van der Waals surface area contributed by atoms with Crippen LogP contribution in [0, 0.1) is 35.5 Å². The van der Waals surface area contributed by atoms with Gasteiger partial charge in [0.2, 0.25) is 0 Å². The molecule has 0 spiro atoms. The first-order chi connectivity index (χ1) is 19.0. The Hall–Kier alpha value is -4.11. The van der Waals surface area contributed by atoms with Crippen LogP contribution in [0.5, 0.6) is 0 Å². The SMILES string of the molecule is C#C[C@H]1C[C@@H]1C1OC1Nc1nn(C2(CC#N)CCN(Cc3ccc(-c4ccccc4)cc3)CC2)cc1C(N)=O. The van der Waals surface area contributed by atoms with E-state index in [9.17, 15) is 10.1 Å². The van der Waals surface area contributed by atoms with Gasteiger partial charge in [-0.15, -0.1) is 12.3 Å². The van der Waals surface area contributed by atoms with Gasteiger partial charge in [-0.2, -0.15) is 10.4 Å². The second-order valence-electron chi connectivity index (χ2n) is 10.9. The summed E-state index contributed by atoms with van der Waals surface area (Å²) in [4.78, 5) is 14.7. The minimum atomic E-state index is -0.558. The number of primary amides is 1. The van der Waals surface area contributed by atoms with Crippen molar-refractivity contribution < 1.29 is 9.53 Å². The fourth-order valence-corrected chi connectivity index (χ4v) is 5.83. The molecule has 6 rings (SSSR count). The number of likely N-dealkylation sites (tertiary alicyclic amines) is 1. The summed E-state index contributed by atoms with van der Waals surface area (Å²) in [7, 11) is 0. The highest BCUT2D eigenvalue weighted by molar-refractivity contribution is 5.97. The van der Waals surface area contributed by atoms with Crippen LogP contribution in [0.15, 0.2) is 60.8 Å². The summed E-state index contributed by atoms with van der Waals surface area (Å²) < 4.78 is 7.57. The predicted molar refractivity (Wildman–Crippen MR) is 148 cm³/mol. The van der Waals surface area contributed by atoms with Crippen molar-refractivity contribution in [3.05, 3.63) is 71.9 Å². The summed E-state index contributed by atoms with van der Waals surface area (Å²) in [5.74, 6) is 3.25. The molecule has 2 aromatic carbocycles. The van der Waals surface area contributed by atoms with E-state index in [1.54, 1.807) is 10.9 Å². The second-order valence-corrected chi connectivity index (χ2v) is 10.9. The monoisotopic (exact) mass is 520 g/mol. The number of nitriles is 1. The van der Waals surface area contributed by atoms with E-state index < -0.39 is 11.4 Å². The highest BCUT2D eigenvalue weighted by Crippen LogP contribution is 2.49. The van der Waals surface area contributed by atoms with Gasteiger partial charge in [0, 0.05) is 37.7 Å². The van der Waals surface area contributed by atoms with Crippen LogP contribution in [0.1, 0.15) is 41.6 Å². The van der Waals surface area contributed by atoms with E-state index in [2.05, 4.69) is 70.7 Å². The molecule has 3 heterocycles. The number of piperidine rings is 1. The highest BCUT2D eigenvalue weighted by Gasteiger charge is 2.55. The van der Waals surface area contributed by atoms with Crippen molar-refractivity contribution >= 4 is 11.7 Å². The van der Waals surface area contributed by atoms with Crippen LogP contribution in [-0.4, -0.2) is 46.0 Å². The number of hydrogen-bond donors (Lipinski definition) is 2. The van der Waals surface area contributed by atoms with Gasteiger partial charge in [-0.25, -0.2) is 0 Å². The average Bonchev–Trinajstić information content (AvgIpc) is 3.86. The fourth-order valence-electron chi connectivity index (χ4n) is 5.83. The van der Waals surface area contributed by atoms with Gasteiger partial charge in [0.05, 0.1) is 18.0 Å². The quantitative estimate of drug-likeness (QED) is 0.326. The zero-order valence-corrected chi connectivity index (χ0v) is 21.8. The molecule has 198 valence electrons. The molecule has 1 aliphatic carbocycles. The standard InChI is InChI=1S/C31H32N6O2/c1-2-22-18-25(22)27-30(39-27)34-29-26(28(33)38)20-37(35-29)31(12-15-32)13-16-36(17-14-31)19-21-8-10-24(11-9-21)23-6-4-3-5-7-23/h1,3-11,20,22,25,27,30H,12-14,16-19H2,(H2,33,38)(H,34,35)/t22-,25-,27?,30?/m0/s1. The second kappa shape index (κ2) is 10.2. The first-order valence-corrected chi connectivity index (χ1v) is 13.5. The molecule has 3 fully saturated rings. The maximum atomic E-state index is 12.3. The van der Waals surface area contributed by atoms with E-state index in [1.807, 2.05) is 6.07 Å². The van der Waals surface area contributed by atoms with Crippen LogP contribution < -0.4 is 11.1 Å². The third kappa shape index (κ3) is 5.14. The van der Waals surface area contributed by atoms with Crippen LogP contribution in [0.4, 0.5) is 5.82 Å². The molecule has 0 bridgehead atoms. The molecule has 1 aromatic heterocycles. The zero-order valence-electron chi connectivity index (χ0n) is 21.8. The minimum absolute atomic E-state index is 0.0370. The number of terminal acetylenes is 1. The number of carbonyl (C=O) groups is 1. The average molecular weight is 521 g/mol. The van der Waals surface area contributed by atoms with Crippen LogP contribution in [0.2, 0.25) is 0 Å². The Morgan fingerprint density at radius 2 is 1.87 bits per heavy atom. The number of carbonyl (C=O) groups excluding carboxylic acids is 1. The molecule has 3 aromatic rings. The Labute approximate surface area is 228 Å². The Bertz CT molecular complexity index is 1430. The van der Waals surface area contributed by atoms with E-state index >= 15 is 0 Å². The van der Waals surface area contributed by atoms with Crippen molar-refractivity contribution in [2.24, 2.45) is 17.6 Å². The van der Waals surface area contributed by atoms with E-state index in [-0.39, 0.29) is 18.2 Å². The van der Waals surface area contributed by atoms with Gasteiger partial charge in [0.1, 0.15) is 11.7 Å². The van der Waals surface area contributed by atoms with Gasteiger partial charge in [-0.3, -0.25) is 14.4 Å². The van der Waals surface area contributed by atoms with Gasteiger partial charge in [0.25, 0.3) is 5.91 Å². The first-order valence-electron chi connectivity index (χ1n) is 13.5. The number of benzene rings is 2. The molecule has 8 heteroatoms. The molecule has 1 saturated carbocycles. The van der Waals surface area contributed by atoms with Gasteiger partial charge in [0.15, 0.2) is 12.0 Å². The first kappa shape index (κ1) is 25.2. The van der Waals surface area contributed by atoms with E-state index in [4.69, 9.17) is 22.0 Å². The minimum Gasteiger partial charge on any atom is -0.365 e. The lowest BCUT2D eigenvalue weighted by molar-refractivity contribution is 0.0967. The Kier molecular flexibility index (Phi) is 6.60. The Morgan fingerprint density at radius 3 is 2.51 bits per heavy atom. The molecule has 2 saturated heterocycles. The topological polar surface area (TPSA) is 112 Å². The number of nitrogens with zero attached hydrogens (tertiary/aromatic N) is 4. The molecule has 3 aliphatic rings. The van der Waals surface area contributed by atoms with Crippen molar-refractivity contribution in [1.29, 1.82) is 5.26 Å². The molecule has 1 amide bonds. The smallest absolute Gasteiger partial charge is 0.254 e. The summed E-state index contributed by atoms with van der Waals surface area (Å²) in [6, 6.07) is 21.4. The highest BCUT2D eigenvalue weighted by atomic mass is 16.6. The van der Waals surface area contributed by atoms with E-state index in [0.717, 1.165) is 38.9 Å². The Balaban J connectivity index is 1.12. The van der Waals surface area contributed by atoms with Crippen molar-refractivity contribution in [3.8, 4) is 29.5 Å². The number of epoxide rings is 1. The molecular formula is C31H32N6O2. The summed E-state index contributed by atoms with van der Waals surface area (Å²) in [6.07, 6.45) is 9.80. The van der Waals surface area contributed by atoms with Crippen LogP contribution in [0.3, 0.4) is 0 Å². The maximum absolute atomic E-state index is 12.3. The maximum Gasteiger partial charge on any atom is 0.254 e. The number of amides is 1. The lowest BCUT2D eigenvalue weighted by Crippen LogP contribution is -2.46. The van der Waals surface area contributed by atoms with Crippen LogP contribution >= 0.6 is 0 Å². The number of hydrogen-bond acceptors (Lipinski definition) is 6. The number of rotatable bonds is 9.